The number of aromatic nitrogens is 2. The topological polar surface area (TPSA) is 54.9 Å². The maximum Gasteiger partial charge on any atom is 0.253 e. The third-order valence-electron chi connectivity index (χ3n) is 3.02. The second-order valence-electron chi connectivity index (χ2n) is 4.60. The van der Waals surface area contributed by atoms with Crippen molar-refractivity contribution >= 4 is 33.2 Å². The van der Waals surface area contributed by atoms with Crippen LogP contribution in [0.4, 0.5) is 0 Å². The Morgan fingerprint density at radius 1 is 1.27 bits per heavy atom. The first-order chi connectivity index (χ1) is 10.7. The Hall–Kier alpha value is -2.05. The van der Waals surface area contributed by atoms with Crippen LogP contribution in [0.25, 0.3) is 10.6 Å². The van der Waals surface area contributed by atoms with Crippen LogP contribution in [-0.2, 0) is 6.54 Å². The number of carbonyl (C=O) groups is 1. The highest BCUT2D eigenvalue weighted by molar-refractivity contribution is 9.10. The fraction of sp³-hybridized carbons (Fsp3) is 0.0625. The molecule has 22 heavy (non-hydrogen) atoms. The number of rotatable bonds is 4. The van der Waals surface area contributed by atoms with Crippen molar-refractivity contribution in [2.45, 2.75) is 6.54 Å². The molecule has 0 radical (unpaired) electrons. The molecule has 0 fully saturated rings. The second-order valence-corrected chi connectivity index (χ2v) is 6.46. The van der Waals surface area contributed by atoms with Crippen LogP contribution in [0.2, 0.25) is 0 Å². The van der Waals surface area contributed by atoms with Gasteiger partial charge in [-0.2, -0.15) is 0 Å². The van der Waals surface area contributed by atoms with Crippen molar-refractivity contribution in [3.05, 3.63) is 69.9 Å². The summed E-state index contributed by atoms with van der Waals surface area (Å²) in [7, 11) is 0. The lowest BCUT2D eigenvalue weighted by Gasteiger charge is -2.06. The molecule has 4 nitrogen and oxygen atoms in total. The van der Waals surface area contributed by atoms with Gasteiger partial charge < -0.3 is 5.32 Å². The van der Waals surface area contributed by atoms with Gasteiger partial charge in [-0.1, -0.05) is 6.07 Å². The number of thiophene rings is 1. The van der Waals surface area contributed by atoms with Crippen molar-refractivity contribution in [1.29, 1.82) is 0 Å². The highest BCUT2D eigenvalue weighted by Crippen LogP contribution is 2.23. The second kappa shape index (κ2) is 6.81. The standard InChI is InChI=1S/C16H12BrN3OS/c17-13-7-12(9-18-10-13)16(21)20-8-11-3-4-19-14(6-11)15-2-1-5-22-15/h1-7,9-10H,8H2,(H,20,21). The molecular weight excluding hydrogens is 362 g/mol. The van der Waals surface area contributed by atoms with E-state index in [-0.39, 0.29) is 5.91 Å². The molecule has 0 saturated heterocycles. The van der Waals surface area contributed by atoms with Crippen molar-refractivity contribution < 1.29 is 4.79 Å². The van der Waals surface area contributed by atoms with Gasteiger partial charge in [0.2, 0.25) is 0 Å². The van der Waals surface area contributed by atoms with Crippen LogP contribution >= 0.6 is 27.3 Å². The van der Waals surface area contributed by atoms with Crippen LogP contribution in [0.5, 0.6) is 0 Å². The molecule has 0 saturated carbocycles. The Balaban J connectivity index is 1.69. The van der Waals surface area contributed by atoms with Crippen LogP contribution < -0.4 is 5.32 Å². The number of carbonyl (C=O) groups excluding carboxylic acids is 1. The molecule has 3 heterocycles. The summed E-state index contributed by atoms with van der Waals surface area (Å²) in [6.45, 7) is 0.451. The van der Waals surface area contributed by atoms with E-state index in [2.05, 4.69) is 31.2 Å². The van der Waals surface area contributed by atoms with E-state index in [0.29, 0.717) is 12.1 Å². The van der Waals surface area contributed by atoms with E-state index in [9.17, 15) is 4.79 Å². The van der Waals surface area contributed by atoms with Crippen molar-refractivity contribution in [1.82, 2.24) is 15.3 Å². The normalized spacial score (nSPS) is 10.4. The Bertz CT molecular complexity index is 790. The Morgan fingerprint density at radius 2 is 2.18 bits per heavy atom. The average Bonchev–Trinajstić information content (AvgIpc) is 3.07. The van der Waals surface area contributed by atoms with Gasteiger partial charge in [0.1, 0.15) is 0 Å². The van der Waals surface area contributed by atoms with Crippen LogP contribution in [0.1, 0.15) is 15.9 Å². The fourth-order valence-corrected chi connectivity index (χ4v) is 3.02. The predicted molar refractivity (Wildman–Crippen MR) is 90.7 cm³/mol. The number of pyridine rings is 2. The summed E-state index contributed by atoms with van der Waals surface area (Å²) in [6.07, 6.45) is 4.95. The van der Waals surface area contributed by atoms with E-state index >= 15 is 0 Å². The highest BCUT2D eigenvalue weighted by Gasteiger charge is 2.07. The lowest BCUT2D eigenvalue weighted by atomic mass is 10.2. The predicted octanol–water partition coefficient (Wildman–Crippen LogP) is 3.90. The number of nitrogens with one attached hydrogen (secondary N) is 1. The van der Waals surface area contributed by atoms with Gasteiger partial charge in [-0.15, -0.1) is 11.3 Å². The molecule has 110 valence electrons. The number of hydrogen-bond donors (Lipinski definition) is 1. The molecule has 1 N–H and O–H groups in total. The van der Waals surface area contributed by atoms with Crippen LogP contribution in [0, 0.1) is 0 Å². The molecule has 0 unspecified atom stereocenters. The van der Waals surface area contributed by atoms with E-state index in [4.69, 9.17) is 0 Å². The van der Waals surface area contributed by atoms with E-state index in [0.717, 1.165) is 20.6 Å². The van der Waals surface area contributed by atoms with E-state index in [1.54, 1.807) is 36.0 Å². The number of halogens is 1. The lowest BCUT2D eigenvalue weighted by Crippen LogP contribution is -2.22. The molecule has 1 amide bonds. The molecule has 6 heteroatoms. The summed E-state index contributed by atoms with van der Waals surface area (Å²) in [5.74, 6) is -0.150. The third kappa shape index (κ3) is 3.58. The first-order valence-electron chi connectivity index (χ1n) is 6.60. The summed E-state index contributed by atoms with van der Waals surface area (Å²) in [5.41, 5.74) is 2.46. The lowest BCUT2D eigenvalue weighted by molar-refractivity contribution is 0.0950. The van der Waals surface area contributed by atoms with Gasteiger partial charge in [0.15, 0.2) is 0 Å². The zero-order valence-electron chi connectivity index (χ0n) is 11.5. The van der Waals surface area contributed by atoms with Crippen molar-refractivity contribution in [2.24, 2.45) is 0 Å². The number of amides is 1. The van der Waals surface area contributed by atoms with Crippen LogP contribution in [-0.4, -0.2) is 15.9 Å². The van der Waals surface area contributed by atoms with Crippen molar-refractivity contribution in [3.63, 3.8) is 0 Å². The largest absolute Gasteiger partial charge is 0.348 e. The maximum atomic E-state index is 12.1. The van der Waals surface area contributed by atoms with Gasteiger partial charge in [-0.3, -0.25) is 14.8 Å². The molecule has 0 bridgehead atoms. The van der Waals surface area contributed by atoms with Gasteiger partial charge in [0, 0.05) is 29.6 Å². The summed E-state index contributed by atoms with van der Waals surface area (Å²) >= 11 is 4.95. The monoisotopic (exact) mass is 373 g/mol. The molecule has 3 aromatic rings. The molecule has 3 rings (SSSR count). The first kappa shape index (κ1) is 14.9. The van der Waals surface area contributed by atoms with Gasteiger partial charge in [-0.05, 0) is 51.1 Å². The zero-order chi connectivity index (χ0) is 15.4. The first-order valence-corrected chi connectivity index (χ1v) is 8.27. The van der Waals surface area contributed by atoms with Crippen molar-refractivity contribution in [3.8, 4) is 10.6 Å². The van der Waals surface area contributed by atoms with Gasteiger partial charge in [0.25, 0.3) is 5.91 Å². The minimum atomic E-state index is -0.150. The fourth-order valence-electron chi connectivity index (χ4n) is 1.96. The molecule has 0 aliphatic heterocycles. The minimum absolute atomic E-state index is 0.150. The molecule has 0 atom stereocenters. The number of hydrogen-bond acceptors (Lipinski definition) is 4. The summed E-state index contributed by atoms with van der Waals surface area (Å²) in [4.78, 5) is 21.6. The Kier molecular flexibility index (Phi) is 4.60. The van der Waals surface area contributed by atoms with E-state index in [1.807, 2.05) is 29.6 Å². The Labute approximate surface area is 140 Å². The third-order valence-corrected chi connectivity index (χ3v) is 4.34. The summed E-state index contributed by atoms with van der Waals surface area (Å²) < 4.78 is 0.782. The molecule has 0 aliphatic rings. The van der Waals surface area contributed by atoms with E-state index in [1.165, 1.54) is 0 Å². The summed E-state index contributed by atoms with van der Waals surface area (Å²) in [5, 5.41) is 4.91. The SMILES string of the molecule is O=C(NCc1ccnc(-c2cccs2)c1)c1cncc(Br)c1. The smallest absolute Gasteiger partial charge is 0.253 e. The van der Waals surface area contributed by atoms with Crippen LogP contribution in [0.3, 0.4) is 0 Å². The zero-order valence-corrected chi connectivity index (χ0v) is 13.9. The minimum Gasteiger partial charge on any atom is -0.348 e. The maximum absolute atomic E-state index is 12.1. The molecule has 0 aromatic carbocycles. The molecule has 0 spiro atoms. The quantitative estimate of drug-likeness (QED) is 0.754. The molecular formula is C16H12BrN3OS. The van der Waals surface area contributed by atoms with Gasteiger partial charge in [0.05, 0.1) is 16.1 Å². The van der Waals surface area contributed by atoms with Crippen LogP contribution in [0.15, 0.2) is 58.8 Å². The van der Waals surface area contributed by atoms with Gasteiger partial charge in [-0.25, -0.2) is 0 Å². The highest BCUT2D eigenvalue weighted by atomic mass is 79.9. The van der Waals surface area contributed by atoms with Crippen molar-refractivity contribution in [2.75, 3.05) is 0 Å². The summed E-state index contributed by atoms with van der Waals surface area (Å²) in [6, 6.07) is 9.66. The number of nitrogens with zero attached hydrogens (tertiary/aromatic N) is 2. The van der Waals surface area contributed by atoms with E-state index < -0.39 is 0 Å². The Morgan fingerprint density at radius 3 is 2.95 bits per heavy atom. The van der Waals surface area contributed by atoms with Gasteiger partial charge >= 0.3 is 0 Å². The molecule has 0 aliphatic carbocycles. The molecule has 3 aromatic heterocycles. The average molecular weight is 374 g/mol.